The first-order valence-electron chi connectivity index (χ1n) is 25.5. The summed E-state index contributed by atoms with van der Waals surface area (Å²) in [6, 6.07) is 0. The molecule has 0 saturated carbocycles. The van der Waals surface area contributed by atoms with Crippen molar-refractivity contribution in [2.45, 2.75) is 300 Å². The number of hydrogen-bond donors (Lipinski definition) is 7. The van der Waals surface area contributed by atoms with Crippen molar-refractivity contribution in [1.82, 2.24) is 0 Å². The molecule has 0 bridgehead atoms. The lowest BCUT2D eigenvalue weighted by Crippen LogP contribution is -2.64. The third kappa shape index (κ3) is 24.0. The Balaban J connectivity index is 1.76. The summed E-state index contributed by atoms with van der Waals surface area (Å²) < 4.78 is 23.6. The second-order valence-corrected chi connectivity index (χ2v) is 18.4. The molecule has 1 unspecified atom stereocenters. The number of ether oxygens (including phenoxy) is 4. The van der Waals surface area contributed by atoms with Crippen LogP contribution in [-0.4, -0.2) is 116 Å². The van der Waals surface area contributed by atoms with Gasteiger partial charge in [0.05, 0.1) is 19.3 Å². The average molecular weight is 861 g/mol. The van der Waals surface area contributed by atoms with Gasteiger partial charge in [-0.15, -0.1) is 0 Å². The lowest BCUT2D eigenvalue weighted by molar-refractivity contribution is -0.363. The van der Waals surface area contributed by atoms with Crippen LogP contribution in [0.4, 0.5) is 0 Å². The van der Waals surface area contributed by atoms with E-state index in [2.05, 4.69) is 13.8 Å². The van der Waals surface area contributed by atoms with Gasteiger partial charge in [-0.2, -0.15) is 0 Å². The average Bonchev–Trinajstić information content (AvgIpc) is 3.25. The first-order chi connectivity index (χ1) is 29.3. The number of hydrogen-bond acceptors (Lipinski definition) is 11. The minimum absolute atomic E-state index is 0.183. The highest BCUT2D eigenvalue weighted by molar-refractivity contribution is 4.94. The van der Waals surface area contributed by atoms with E-state index in [1.54, 1.807) is 0 Å². The van der Waals surface area contributed by atoms with E-state index in [0.29, 0.717) is 0 Å². The maximum absolute atomic E-state index is 11.2. The Hall–Kier alpha value is -0.440. The Bertz CT molecular complexity index is 941. The first kappa shape index (κ1) is 55.7. The van der Waals surface area contributed by atoms with Crippen LogP contribution >= 0.6 is 0 Å². The fraction of sp³-hybridized carbons (Fsp3) is 1.00. The summed E-state index contributed by atoms with van der Waals surface area (Å²) in [6.45, 7) is 3.32. The van der Waals surface area contributed by atoms with E-state index in [0.717, 1.165) is 38.5 Å². The quantitative estimate of drug-likeness (QED) is 0.0292. The largest absolute Gasteiger partial charge is 0.394 e. The van der Waals surface area contributed by atoms with Gasteiger partial charge in [-0.3, -0.25) is 0 Å². The van der Waals surface area contributed by atoms with E-state index in [-0.39, 0.29) is 6.10 Å². The van der Waals surface area contributed by atoms with Crippen molar-refractivity contribution in [3.63, 3.8) is 0 Å². The van der Waals surface area contributed by atoms with Crippen LogP contribution in [0.2, 0.25) is 0 Å². The summed E-state index contributed by atoms with van der Waals surface area (Å²) in [7, 11) is 0. The van der Waals surface area contributed by atoms with E-state index >= 15 is 0 Å². The lowest BCUT2D eigenvalue weighted by atomic mass is 9.96. The van der Waals surface area contributed by atoms with Gasteiger partial charge < -0.3 is 54.7 Å². The maximum atomic E-state index is 11.2. The van der Waals surface area contributed by atoms with E-state index in [9.17, 15) is 35.7 Å². The number of aliphatic hydroxyl groups excluding tert-OH is 7. The van der Waals surface area contributed by atoms with Crippen molar-refractivity contribution in [3.05, 3.63) is 0 Å². The third-order valence-corrected chi connectivity index (χ3v) is 13.0. The molecule has 2 aliphatic rings. The summed E-state index contributed by atoms with van der Waals surface area (Å²) in [5.41, 5.74) is 0. The van der Waals surface area contributed by atoms with Crippen molar-refractivity contribution in [2.75, 3.05) is 13.2 Å². The van der Waals surface area contributed by atoms with E-state index < -0.39 is 74.6 Å². The normalized spacial score (nSPS) is 27.8. The van der Waals surface area contributed by atoms with Gasteiger partial charge in [-0.1, -0.05) is 219 Å². The highest BCUT2D eigenvalue weighted by Crippen LogP contribution is 2.31. The molecule has 11 nitrogen and oxygen atoms in total. The Labute approximate surface area is 366 Å². The fourth-order valence-electron chi connectivity index (χ4n) is 8.98. The van der Waals surface area contributed by atoms with Gasteiger partial charge in [0.2, 0.25) is 0 Å². The summed E-state index contributed by atoms with van der Waals surface area (Å²) in [4.78, 5) is 0. The van der Waals surface area contributed by atoms with Gasteiger partial charge in [0, 0.05) is 0 Å². The molecule has 2 saturated heterocycles. The van der Waals surface area contributed by atoms with E-state index in [1.807, 2.05) is 0 Å². The molecular formula is C49H96O11. The molecule has 0 spiro atoms. The first-order valence-corrected chi connectivity index (χ1v) is 25.5. The zero-order chi connectivity index (χ0) is 43.6. The van der Waals surface area contributed by atoms with Crippen molar-refractivity contribution >= 4 is 0 Å². The standard InChI is InChI=1S/C49H96O11/c1-3-5-7-9-11-13-15-17-19-20-22-24-26-28-30-32-34-36-39(35-33-31-29-27-25-23-21-18-16-14-12-10-8-6-4-2)57-48-46(56)44(54)47(41(38-51)59-48)60-49-45(55)43(53)42(52)40(37-50)58-49/h39-56H,3-38H2,1-2H3/t39?,40-,41-,42-,43+,44-,45-,46-,47+,48-,49-/m1/s1. The zero-order valence-corrected chi connectivity index (χ0v) is 38.6. The monoisotopic (exact) mass is 861 g/mol. The molecule has 7 N–H and O–H groups in total. The van der Waals surface area contributed by atoms with Crippen LogP contribution in [-0.2, 0) is 18.9 Å². The maximum Gasteiger partial charge on any atom is 0.187 e. The van der Waals surface area contributed by atoms with Gasteiger partial charge in [0.1, 0.15) is 48.8 Å². The third-order valence-electron chi connectivity index (χ3n) is 13.0. The topological polar surface area (TPSA) is 179 Å². The van der Waals surface area contributed by atoms with Gasteiger partial charge in [0.15, 0.2) is 12.6 Å². The Morgan fingerprint density at radius 3 is 1.03 bits per heavy atom. The molecule has 60 heavy (non-hydrogen) atoms. The van der Waals surface area contributed by atoms with Crippen LogP contribution in [0.5, 0.6) is 0 Å². The van der Waals surface area contributed by atoms with Crippen molar-refractivity contribution in [1.29, 1.82) is 0 Å². The molecule has 11 atom stereocenters. The number of unbranched alkanes of at least 4 members (excludes halogenated alkanes) is 30. The van der Waals surface area contributed by atoms with Crippen LogP contribution in [0, 0.1) is 0 Å². The van der Waals surface area contributed by atoms with Gasteiger partial charge in [-0.05, 0) is 12.8 Å². The number of aliphatic hydroxyl groups is 7. The molecule has 0 aromatic rings. The molecule has 0 aliphatic carbocycles. The van der Waals surface area contributed by atoms with E-state index in [4.69, 9.17) is 18.9 Å². The molecule has 2 fully saturated rings. The summed E-state index contributed by atoms with van der Waals surface area (Å²) >= 11 is 0. The molecule has 358 valence electrons. The molecule has 0 radical (unpaired) electrons. The molecule has 0 aromatic heterocycles. The van der Waals surface area contributed by atoms with Crippen molar-refractivity contribution in [2.24, 2.45) is 0 Å². The van der Waals surface area contributed by atoms with Crippen LogP contribution < -0.4 is 0 Å². The second kappa shape index (κ2) is 36.9. The molecule has 0 amide bonds. The minimum Gasteiger partial charge on any atom is -0.394 e. The van der Waals surface area contributed by atoms with Gasteiger partial charge >= 0.3 is 0 Å². The van der Waals surface area contributed by atoms with E-state index in [1.165, 1.54) is 180 Å². The van der Waals surface area contributed by atoms with Crippen molar-refractivity contribution in [3.8, 4) is 0 Å². The summed E-state index contributed by atoms with van der Waals surface area (Å²) in [6.07, 6.45) is 28.7. The highest BCUT2D eigenvalue weighted by atomic mass is 16.7. The molecule has 2 aliphatic heterocycles. The van der Waals surface area contributed by atoms with Gasteiger partial charge in [-0.25, -0.2) is 0 Å². The Morgan fingerprint density at radius 2 is 0.683 bits per heavy atom. The predicted molar refractivity (Wildman–Crippen MR) is 240 cm³/mol. The minimum atomic E-state index is -1.70. The summed E-state index contributed by atoms with van der Waals surface area (Å²) in [5, 5.41) is 73.0. The van der Waals surface area contributed by atoms with Crippen molar-refractivity contribution < 1.29 is 54.7 Å². The smallest absolute Gasteiger partial charge is 0.187 e. The molecule has 2 heterocycles. The Morgan fingerprint density at radius 1 is 0.367 bits per heavy atom. The highest BCUT2D eigenvalue weighted by Gasteiger charge is 2.51. The van der Waals surface area contributed by atoms with Crippen LogP contribution in [0.3, 0.4) is 0 Å². The molecule has 2 rings (SSSR count). The van der Waals surface area contributed by atoms with Gasteiger partial charge in [0.25, 0.3) is 0 Å². The van der Waals surface area contributed by atoms with Crippen LogP contribution in [0.1, 0.15) is 232 Å². The SMILES string of the molecule is CCCCCCCCCCCCCCCCCCCC(CCCCCCCCCCCCCCCCC)O[C@@H]1O[C@H](CO)[C@H](O[C@H]2O[C@H](CO)[C@@H](O)[C@H](O)[C@H]2O)[C@H](O)[C@H]1O. The molecular weight excluding hydrogens is 765 g/mol. The summed E-state index contributed by atoms with van der Waals surface area (Å²) in [5.74, 6) is 0. The lowest BCUT2D eigenvalue weighted by Gasteiger charge is -2.46. The Kier molecular flexibility index (Phi) is 34.2. The molecule has 11 heteroatoms. The molecule has 0 aromatic carbocycles. The zero-order valence-electron chi connectivity index (χ0n) is 38.6. The second-order valence-electron chi connectivity index (χ2n) is 18.4. The van der Waals surface area contributed by atoms with Crippen LogP contribution in [0.25, 0.3) is 0 Å². The fourth-order valence-corrected chi connectivity index (χ4v) is 8.98. The predicted octanol–water partition coefficient (Wildman–Crippen LogP) is 9.30. The van der Waals surface area contributed by atoms with Crippen LogP contribution in [0.15, 0.2) is 0 Å². The number of rotatable bonds is 40.